The van der Waals surface area contributed by atoms with Crippen molar-refractivity contribution in [2.75, 3.05) is 31.1 Å². The summed E-state index contributed by atoms with van der Waals surface area (Å²) < 4.78 is 0. The van der Waals surface area contributed by atoms with Crippen LogP contribution in [-0.4, -0.2) is 47.0 Å². The maximum absolute atomic E-state index is 11.3. The van der Waals surface area contributed by atoms with E-state index in [1.165, 1.54) is 0 Å². The van der Waals surface area contributed by atoms with Crippen LogP contribution in [0.25, 0.3) is 0 Å². The first-order valence-electron chi connectivity index (χ1n) is 5.97. The molecule has 0 aliphatic carbocycles. The van der Waals surface area contributed by atoms with E-state index in [1.54, 1.807) is 13.1 Å². The Labute approximate surface area is 101 Å². The van der Waals surface area contributed by atoms with Gasteiger partial charge in [0.25, 0.3) is 0 Å². The molecule has 92 valence electrons. The SMILES string of the molecule is CC(=O)N1CCCN(c2nccc(C)n2)CC1. The molecule has 2 rings (SSSR count). The lowest BCUT2D eigenvalue weighted by atomic mass is 10.4. The molecular formula is C12H18N4O. The minimum atomic E-state index is 0.150. The van der Waals surface area contributed by atoms with Crippen LogP contribution >= 0.6 is 0 Å². The molecule has 0 unspecified atom stereocenters. The summed E-state index contributed by atoms with van der Waals surface area (Å²) in [4.78, 5) is 24.1. The third kappa shape index (κ3) is 2.93. The van der Waals surface area contributed by atoms with E-state index in [9.17, 15) is 4.79 Å². The first-order chi connectivity index (χ1) is 8.16. The number of amides is 1. The van der Waals surface area contributed by atoms with E-state index >= 15 is 0 Å². The molecule has 1 fully saturated rings. The Hall–Kier alpha value is -1.65. The fourth-order valence-electron chi connectivity index (χ4n) is 2.02. The Morgan fingerprint density at radius 1 is 1.29 bits per heavy atom. The van der Waals surface area contributed by atoms with Crippen molar-refractivity contribution in [1.82, 2.24) is 14.9 Å². The van der Waals surface area contributed by atoms with Crippen molar-refractivity contribution in [2.24, 2.45) is 0 Å². The van der Waals surface area contributed by atoms with Crippen LogP contribution in [0.4, 0.5) is 5.95 Å². The number of carbonyl (C=O) groups excluding carboxylic acids is 1. The van der Waals surface area contributed by atoms with Crippen LogP contribution < -0.4 is 4.90 Å². The third-order valence-corrected chi connectivity index (χ3v) is 3.01. The largest absolute Gasteiger partial charge is 0.341 e. The first kappa shape index (κ1) is 11.8. The van der Waals surface area contributed by atoms with Gasteiger partial charge in [-0.05, 0) is 19.4 Å². The number of carbonyl (C=O) groups is 1. The van der Waals surface area contributed by atoms with Crippen LogP contribution in [0.3, 0.4) is 0 Å². The van der Waals surface area contributed by atoms with E-state index in [4.69, 9.17) is 0 Å². The van der Waals surface area contributed by atoms with Crippen molar-refractivity contribution in [3.05, 3.63) is 18.0 Å². The molecule has 0 atom stereocenters. The highest BCUT2D eigenvalue weighted by atomic mass is 16.2. The van der Waals surface area contributed by atoms with Gasteiger partial charge in [0.15, 0.2) is 0 Å². The van der Waals surface area contributed by atoms with Gasteiger partial charge in [-0.25, -0.2) is 9.97 Å². The van der Waals surface area contributed by atoms with E-state index in [-0.39, 0.29) is 5.91 Å². The number of aryl methyl sites for hydroxylation is 1. The van der Waals surface area contributed by atoms with Gasteiger partial charge in [0, 0.05) is 45.0 Å². The average Bonchev–Trinajstić information content (AvgIpc) is 2.54. The molecule has 1 saturated heterocycles. The highest BCUT2D eigenvalue weighted by molar-refractivity contribution is 5.73. The van der Waals surface area contributed by atoms with Crippen molar-refractivity contribution in [1.29, 1.82) is 0 Å². The summed E-state index contributed by atoms with van der Waals surface area (Å²) >= 11 is 0. The molecule has 0 radical (unpaired) electrons. The lowest BCUT2D eigenvalue weighted by Gasteiger charge is -2.21. The highest BCUT2D eigenvalue weighted by Gasteiger charge is 2.17. The Morgan fingerprint density at radius 2 is 2.12 bits per heavy atom. The van der Waals surface area contributed by atoms with Crippen molar-refractivity contribution in [3.63, 3.8) is 0 Å². The highest BCUT2D eigenvalue weighted by Crippen LogP contribution is 2.11. The van der Waals surface area contributed by atoms with Crippen LogP contribution in [0.1, 0.15) is 19.0 Å². The molecule has 1 aromatic rings. The number of hydrogen-bond donors (Lipinski definition) is 0. The van der Waals surface area contributed by atoms with Gasteiger partial charge in [0.05, 0.1) is 0 Å². The lowest BCUT2D eigenvalue weighted by molar-refractivity contribution is -0.128. The zero-order chi connectivity index (χ0) is 12.3. The third-order valence-electron chi connectivity index (χ3n) is 3.01. The number of nitrogens with zero attached hydrogens (tertiary/aromatic N) is 4. The molecule has 5 heteroatoms. The Bertz CT molecular complexity index is 407. The number of rotatable bonds is 1. The van der Waals surface area contributed by atoms with Gasteiger partial charge in [-0.15, -0.1) is 0 Å². The molecule has 2 heterocycles. The second-order valence-corrected chi connectivity index (χ2v) is 4.34. The molecule has 0 spiro atoms. The molecule has 1 aromatic heterocycles. The molecule has 0 saturated carbocycles. The number of anilines is 1. The predicted octanol–water partition coefficient (Wildman–Crippen LogP) is 0.844. The van der Waals surface area contributed by atoms with E-state index in [1.807, 2.05) is 17.9 Å². The summed E-state index contributed by atoms with van der Waals surface area (Å²) in [7, 11) is 0. The standard InChI is InChI=1S/C12H18N4O/c1-10-4-5-13-12(14-10)16-7-3-6-15(8-9-16)11(2)17/h4-5H,3,6-9H2,1-2H3. The van der Waals surface area contributed by atoms with Crippen molar-refractivity contribution in [2.45, 2.75) is 20.3 Å². The Kier molecular flexibility index (Phi) is 3.56. The second-order valence-electron chi connectivity index (χ2n) is 4.34. The zero-order valence-corrected chi connectivity index (χ0v) is 10.4. The van der Waals surface area contributed by atoms with Crippen molar-refractivity contribution < 1.29 is 4.79 Å². The molecule has 0 aromatic carbocycles. The molecule has 1 aliphatic heterocycles. The molecule has 1 aliphatic rings. The Balaban J connectivity index is 2.06. The summed E-state index contributed by atoms with van der Waals surface area (Å²) in [6.07, 6.45) is 2.75. The fraction of sp³-hybridized carbons (Fsp3) is 0.583. The maximum Gasteiger partial charge on any atom is 0.225 e. The predicted molar refractivity (Wildman–Crippen MR) is 65.9 cm³/mol. The first-order valence-corrected chi connectivity index (χ1v) is 5.97. The summed E-state index contributed by atoms with van der Waals surface area (Å²) in [5, 5.41) is 0. The summed E-state index contributed by atoms with van der Waals surface area (Å²) in [6.45, 7) is 6.89. The van der Waals surface area contributed by atoms with Gasteiger partial charge in [-0.2, -0.15) is 0 Å². The maximum atomic E-state index is 11.3. The monoisotopic (exact) mass is 234 g/mol. The normalized spacial score (nSPS) is 16.8. The van der Waals surface area contributed by atoms with Gasteiger partial charge in [0.1, 0.15) is 0 Å². The average molecular weight is 234 g/mol. The van der Waals surface area contributed by atoms with Gasteiger partial charge in [0.2, 0.25) is 11.9 Å². The van der Waals surface area contributed by atoms with E-state index in [0.717, 1.165) is 44.2 Å². The quantitative estimate of drug-likeness (QED) is 0.722. The molecule has 5 nitrogen and oxygen atoms in total. The molecule has 17 heavy (non-hydrogen) atoms. The smallest absolute Gasteiger partial charge is 0.225 e. The molecular weight excluding hydrogens is 216 g/mol. The van der Waals surface area contributed by atoms with Crippen LogP contribution in [-0.2, 0) is 4.79 Å². The summed E-state index contributed by atoms with van der Waals surface area (Å²) in [5.74, 6) is 0.924. The van der Waals surface area contributed by atoms with Gasteiger partial charge >= 0.3 is 0 Å². The zero-order valence-electron chi connectivity index (χ0n) is 10.4. The number of aromatic nitrogens is 2. The van der Waals surface area contributed by atoms with Gasteiger partial charge in [-0.3, -0.25) is 4.79 Å². The minimum absolute atomic E-state index is 0.150. The Morgan fingerprint density at radius 3 is 2.82 bits per heavy atom. The van der Waals surface area contributed by atoms with Crippen LogP contribution in [0.15, 0.2) is 12.3 Å². The summed E-state index contributed by atoms with van der Waals surface area (Å²) in [5.41, 5.74) is 0.975. The molecule has 1 amide bonds. The van der Waals surface area contributed by atoms with Crippen LogP contribution in [0.2, 0.25) is 0 Å². The topological polar surface area (TPSA) is 49.3 Å². The fourth-order valence-corrected chi connectivity index (χ4v) is 2.02. The van der Waals surface area contributed by atoms with E-state index in [2.05, 4.69) is 14.9 Å². The van der Waals surface area contributed by atoms with Gasteiger partial charge < -0.3 is 9.80 Å². The summed E-state index contributed by atoms with van der Waals surface area (Å²) in [6, 6.07) is 1.89. The van der Waals surface area contributed by atoms with Crippen LogP contribution in [0.5, 0.6) is 0 Å². The number of hydrogen-bond acceptors (Lipinski definition) is 4. The van der Waals surface area contributed by atoms with Crippen LogP contribution in [0, 0.1) is 6.92 Å². The van der Waals surface area contributed by atoms with Gasteiger partial charge in [-0.1, -0.05) is 0 Å². The second kappa shape index (κ2) is 5.12. The lowest BCUT2D eigenvalue weighted by Crippen LogP contribution is -2.34. The molecule has 0 N–H and O–H groups in total. The van der Waals surface area contributed by atoms with E-state index in [0.29, 0.717) is 0 Å². The van der Waals surface area contributed by atoms with Crippen molar-refractivity contribution in [3.8, 4) is 0 Å². The minimum Gasteiger partial charge on any atom is -0.341 e. The molecule has 0 bridgehead atoms. The van der Waals surface area contributed by atoms with Crippen molar-refractivity contribution >= 4 is 11.9 Å². The van der Waals surface area contributed by atoms with E-state index < -0.39 is 0 Å².